The van der Waals surface area contributed by atoms with Crippen LogP contribution in [0.5, 0.6) is 0 Å². The molecule has 2 amide bonds. The lowest BCUT2D eigenvalue weighted by Crippen LogP contribution is -2.41. The molecule has 6 nitrogen and oxygen atoms in total. The zero-order chi connectivity index (χ0) is 26.9. The normalized spacial score (nSPS) is 14.4. The molecule has 7 heteroatoms. The van der Waals surface area contributed by atoms with E-state index >= 15 is 0 Å². The van der Waals surface area contributed by atoms with Gasteiger partial charge in [-0.3, -0.25) is 0 Å². The van der Waals surface area contributed by atoms with E-state index in [2.05, 4.69) is 96.0 Å². The molecule has 1 aliphatic rings. The van der Waals surface area contributed by atoms with Gasteiger partial charge in [0.25, 0.3) is 0 Å². The van der Waals surface area contributed by atoms with E-state index in [0.717, 1.165) is 39.6 Å². The van der Waals surface area contributed by atoms with Crippen LogP contribution in [0.4, 0.5) is 4.79 Å². The van der Waals surface area contributed by atoms with E-state index in [4.69, 9.17) is 5.10 Å². The number of benzene rings is 3. The molecular formula is C32H31N5OS. The molecular weight excluding hydrogens is 502 g/mol. The second kappa shape index (κ2) is 10.5. The van der Waals surface area contributed by atoms with Gasteiger partial charge in [-0.25, -0.2) is 9.48 Å². The molecule has 3 heterocycles. The predicted octanol–water partition coefficient (Wildman–Crippen LogP) is 6.82. The topological polar surface area (TPSA) is 55.1 Å². The second-order valence-electron chi connectivity index (χ2n) is 9.89. The van der Waals surface area contributed by atoms with Gasteiger partial charge in [-0.15, -0.1) is 11.8 Å². The number of para-hydroxylation sites is 1. The molecule has 0 spiro atoms. The summed E-state index contributed by atoms with van der Waals surface area (Å²) in [6.45, 7) is 4.99. The Morgan fingerprint density at radius 3 is 2.41 bits per heavy atom. The van der Waals surface area contributed by atoms with Crippen LogP contribution in [-0.4, -0.2) is 31.5 Å². The molecule has 0 unspecified atom stereocenters. The monoisotopic (exact) mass is 533 g/mol. The minimum Gasteiger partial charge on any atom is -0.334 e. The lowest BCUT2D eigenvalue weighted by Gasteiger charge is -2.31. The van der Waals surface area contributed by atoms with Gasteiger partial charge in [-0.1, -0.05) is 60.2 Å². The van der Waals surface area contributed by atoms with Crippen LogP contribution < -0.4 is 5.32 Å². The number of nitrogens with one attached hydrogen (secondary N) is 1. The van der Waals surface area contributed by atoms with Crippen molar-refractivity contribution in [3.63, 3.8) is 0 Å². The number of hydrogen-bond acceptors (Lipinski definition) is 3. The first-order valence-corrected chi connectivity index (χ1v) is 14.3. The van der Waals surface area contributed by atoms with Crippen LogP contribution in [0.3, 0.4) is 0 Å². The summed E-state index contributed by atoms with van der Waals surface area (Å²) in [5, 5.41) is 8.13. The Morgan fingerprint density at radius 2 is 1.69 bits per heavy atom. The highest BCUT2D eigenvalue weighted by Crippen LogP contribution is 2.38. The fourth-order valence-electron chi connectivity index (χ4n) is 5.27. The molecule has 196 valence electrons. The standard InChI is InChI=1S/C32H31N5OS/c1-22-11-13-24(14-12-22)20-33-32(38)36-21-28-23(2)34-37(26-8-5-4-6-9-26)31(28)35-19-7-10-29(35)30(36)25-15-17-27(39-3)18-16-25/h4-19,30H,20-21H2,1-3H3,(H,33,38)/t30-/m0/s1. The quantitative estimate of drug-likeness (QED) is 0.252. The second-order valence-corrected chi connectivity index (χ2v) is 10.8. The lowest BCUT2D eigenvalue weighted by atomic mass is 10.0. The maximum atomic E-state index is 14.0. The smallest absolute Gasteiger partial charge is 0.318 e. The minimum absolute atomic E-state index is 0.109. The molecule has 2 aromatic heterocycles. The number of aromatic nitrogens is 3. The fourth-order valence-corrected chi connectivity index (χ4v) is 5.68. The molecule has 39 heavy (non-hydrogen) atoms. The molecule has 3 aromatic carbocycles. The van der Waals surface area contributed by atoms with Crippen molar-refractivity contribution in [2.45, 2.75) is 37.9 Å². The molecule has 6 rings (SSSR count). The number of fused-ring (bicyclic) bond motifs is 3. The molecule has 5 aromatic rings. The lowest BCUT2D eigenvalue weighted by molar-refractivity contribution is 0.180. The molecule has 1 aliphatic heterocycles. The molecule has 0 fully saturated rings. The van der Waals surface area contributed by atoms with Crippen LogP contribution in [-0.2, 0) is 13.1 Å². The molecule has 0 bridgehead atoms. The number of thioether (sulfide) groups is 1. The van der Waals surface area contributed by atoms with Gasteiger partial charge in [0.1, 0.15) is 5.82 Å². The van der Waals surface area contributed by atoms with Gasteiger partial charge in [-0.2, -0.15) is 5.10 Å². The number of rotatable bonds is 5. The van der Waals surface area contributed by atoms with Crippen molar-refractivity contribution in [3.8, 4) is 11.5 Å². The van der Waals surface area contributed by atoms with Gasteiger partial charge < -0.3 is 14.8 Å². The zero-order valence-corrected chi connectivity index (χ0v) is 23.2. The van der Waals surface area contributed by atoms with E-state index in [9.17, 15) is 4.79 Å². The Kier molecular flexibility index (Phi) is 6.75. The van der Waals surface area contributed by atoms with E-state index in [0.29, 0.717) is 13.1 Å². The van der Waals surface area contributed by atoms with Gasteiger partial charge in [0, 0.05) is 23.2 Å². The Labute approximate surface area is 233 Å². The van der Waals surface area contributed by atoms with Gasteiger partial charge in [0.2, 0.25) is 0 Å². The third-order valence-electron chi connectivity index (χ3n) is 7.34. The van der Waals surface area contributed by atoms with Crippen molar-refractivity contribution in [3.05, 3.63) is 131 Å². The number of carbonyl (C=O) groups is 1. The van der Waals surface area contributed by atoms with Gasteiger partial charge in [-0.05, 0) is 67.6 Å². The van der Waals surface area contributed by atoms with Crippen molar-refractivity contribution in [2.75, 3.05) is 6.26 Å². The third kappa shape index (κ3) is 4.74. The average Bonchev–Trinajstić information content (AvgIpc) is 3.53. The molecule has 0 saturated carbocycles. The maximum Gasteiger partial charge on any atom is 0.318 e. The predicted molar refractivity (Wildman–Crippen MR) is 157 cm³/mol. The Balaban J connectivity index is 1.46. The van der Waals surface area contributed by atoms with E-state index < -0.39 is 0 Å². The van der Waals surface area contributed by atoms with E-state index in [1.807, 2.05) is 40.8 Å². The number of carbonyl (C=O) groups excluding carboxylic acids is 1. The first kappa shape index (κ1) is 25.1. The highest BCUT2D eigenvalue weighted by molar-refractivity contribution is 7.98. The maximum absolute atomic E-state index is 14.0. The van der Waals surface area contributed by atoms with Crippen LogP contribution in [0, 0.1) is 13.8 Å². The number of nitrogens with zero attached hydrogens (tertiary/aromatic N) is 4. The third-order valence-corrected chi connectivity index (χ3v) is 8.09. The summed E-state index contributed by atoms with van der Waals surface area (Å²) in [6.07, 6.45) is 4.15. The van der Waals surface area contributed by atoms with Gasteiger partial charge in [0.05, 0.1) is 29.7 Å². The van der Waals surface area contributed by atoms with Crippen LogP contribution in [0.2, 0.25) is 0 Å². The summed E-state index contributed by atoms with van der Waals surface area (Å²) in [5.74, 6) is 0.971. The Bertz CT molecular complexity index is 1600. The first-order valence-electron chi connectivity index (χ1n) is 13.1. The van der Waals surface area contributed by atoms with Crippen molar-refractivity contribution in [1.82, 2.24) is 24.6 Å². The minimum atomic E-state index is -0.273. The summed E-state index contributed by atoms with van der Waals surface area (Å²) in [6, 6.07) is 30.8. The summed E-state index contributed by atoms with van der Waals surface area (Å²) in [5.41, 5.74) is 7.29. The highest BCUT2D eigenvalue weighted by Gasteiger charge is 2.35. The van der Waals surface area contributed by atoms with E-state index in [1.54, 1.807) is 11.8 Å². The summed E-state index contributed by atoms with van der Waals surface area (Å²) in [4.78, 5) is 17.1. The number of hydrogen-bond donors (Lipinski definition) is 1. The van der Waals surface area contributed by atoms with Gasteiger partial charge >= 0.3 is 6.03 Å². The molecule has 1 atom stereocenters. The van der Waals surface area contributed by atoms with Crippen LogP contribution >= 0.6 is 11.8 Å². The zero-order valence-electron chi connectivity index (χ0n) is 22.3. The van der Waals surface area contributed by atoms with Crippen molar-refractivity contribution in [1.29, 1.82) is 0 Å². The molecule has 0 radical (unpaired) electrons. The highest BCUT2D eigenvalue weighted by atomic mass is 32.2. The Morgan fingerprint density at radius 1 is 0.949 bits per heavy atom. The number of amides is 2. The van der Waals surface area contributed by atoms with Crippen molar-refractivity contribution < 1.29 is 4.79 Å². The number of urea groups is 1. The largest absolute Gasteiger partial charge is 0.334 e. The summed E-state index contributed by atoms with van der Waals surface area (Å²) < 4.78 is 4.19. The molecule has 0 aliphatic carbocycles. The van der Waals surface area contributed by atoms with Crippen molar-refractivity contribution in [2.24, 2.45) is 0 Å². The molecule has 1 N–H and O–H groups in total. The number of aryl methyl sites for hydroxylation is 2. The van der Waals surface area contributed by atoms with E-state index in [1.165, 1.54) is 10.5 Å². The van der Waals surface area contributed by atoms with Crippen LogP contribution in [0.25, 0.3) is 11.5 Å². The summed E-state index contributed by atoms with van der Waals surface area (Å²) in [7, 11) is 0. The SMILES string of the molecule is CSc1ccc([C@H]2c3cccn3-c3c(c(C)nn3-c3ccccc3)CN2C(=O)NCc2ccc(C)cc2)cc1. The first-order chi connectivity index (χ1) is 19.0. The molecule has 0 saturated heterocycles. The fraction of sp³-hybridized carbons (Fsp3) is 0.188. The van der Waals surface area contributed by atoms with Crippen LogP contribution in [0.15, 0.2) is 102 Å². The van der Waals surface area contributed by atoms with Crippen LogP contribution in [0.1, 0.15) is 39.7 Å². The Hall–Kier alpha value is -4.23. The summed E-state index contributed by atoms with van der Waals surface area (Å²) >= 11 is 1.71. The van der Waals surface area contributed by atoms with E-state index in [-0.39, 0.29) is 12.1 Å². The van der Waals surface area contributed by atoms with Crippen molar-refractivity contribution >= 4 is 17.8 Å². The average molecular weight is 534 g/mol. The van der Waals surface area contributed by atoms with Gasteiger partial charge in [0.15, 0.2) is 0 Å².